The van der Waals surface area contributed by atoms with Gasteiger partial charge in [0.05, 0.1) is 11.1 Å². The van der Waals surface area contributed by atoms with Crippen LogP contribution in [0.2, 0.25) is 0 Å². The lowest BCUT2D eigenvalue weighted by atomic mass is 10.1. The molecule has 0 bridgehead atoms. The highest BCUT2D eigenvalue weighted by Crippen LogP contribution is 2.28. The molecule has 2 aromatic rings. The second kappa shape index (κ2) is 9.09. The Balaban J connectivity index is 1.87. The largest absolute Gasteiger partial charge is 0.187 e. The molecule has 0 aliphatic rings. The van der Waals surface area contributed by atoms with Gasteiger partial charge in [-0.2, -0.15) is 10.2 Å². The van der Waals surface area contributed by atoms with E-state index in [1.807, 2.05) is 23.5 Å². The first-order valence-electron chi connectivity index (χ1n) is 8.98. The fourth-order valence-corrected chi connectivity index (χ4v) is 3.93. The van der Waals surface area contributed by atoms with Gasteiger partial charge in [-0.1, -0.05) is 35.4 Å². The summed E-state index contributed by atoms with van der Waals surface area (Å²) in [5.74, 6) is 1.83. The van der Waals surface area contributed by atoms with Gasteiger partial charge in [0.1, 0.15) is 0 Å². The van der Waals surface area contributed by atoms with Crippen LogP contribution in [0.4, 0.5) is 0 Å². The summed E-state index contributed by atoms with van der Waals surface area (Å²) in [6.07, 6.45) is 0. The smallest absolute Gasteiger partial charge is 0.0853 e. The van der Waals surface area contributed by atoms with E-state index in [9.17, 15) is 0 Å². The number of thioether (sulfide) groups is 2. The van der Waals surface area contributed by atoms with Crippen LogP contribution in [0.15, 0.2) is 68.6 Å². The molecule has 0 unspecified atom stereocenters. The molecule has 140 valence electrons. The van der Waals surface area contributed by atoms with E-state index in [-0.39, 0.29) is 11.1 Å². The van der Waals surface area contributed by atoms with Crippen LogP contribution in [-0.4, -0.2) is 22.6 Å². The second-order valence-electron chi connectivity index (χ2n) is 8.03. The highest BCUT2D eigenvalue weighted by Gasteiger charge is 2.22. The zero-order valence-corrected chi connectivity index (χ0v) is 18.4. The molecule has 0 saturated heterocycles. The molecule has 0 spiro atoms. The van der Waals surface area contributed by atoms with Crippen molar-refractivity contribution in [2.24, 2.45) is 10.2 Å². The van der Waals surface area contributed by atoms with Crippen molar-refractivity contribution in [3.8, 4) is 0 Å². The van der Waals surface area contributed by atoms with Crippen molar-refractivity contribution < 1.29 is 0 Å². The zero-order valence-electron chi connectivity index (χ0n) is 16.7. The van der Waals surface area contributed by atoms with Gasteiger partial charge in [-0.3, -0.25) is 0 Å². The molecule has 0 saturated carbocycles. The molecule has 2 nitrogen and oxygen atoms in total. The molecule has 0 amide bonds. The maximum Gasteiger partial charge on any atom is 0.0853 e. The molecular formula is C22H30N2S2. The fraction of sp³-hybridized carbons (Fsp3) is 0.455. The van der Waals surface area contributed by atoms with E-state index in [0.717, 1.165) is 11.5 Å². The number of nitrogens with zero attached hydrogens (tertiary/aromatic N) is 2. The minimum Gasteiger partial charge on any atom is -0.187 e. The minimum absolute atomic E-state index is 0.179. The van der Waals surface area contributed by atoms with Crippen LogP contribution in [0.1, 0.15) is 38.8 Å². The summed E-state index contributed by atoms with van der Waals surface area (Å²) in [6.45, 7) is 12.8. The molecule has 4 heteroatoms. The van der Waals surface area contributed by atoms with E-state index in [4.69, 9.17) is 0 Å². The van der Waals surface area contributed by atoms with Gasteiger partial charge in [-0.15, -0.1) is 23.5 Å². The number of hydrogen-bond acceptors (Lipinski definition) is 4. The van der Waals surface area contributed by atoms with Crippen molar-refractivity contribution in [1.29, 1.82) is 0 Å². The Hall–Kier alpha value is -1.26. The van der Waals surface area contributed by atoms with E-state index in [0.29, 0.717) is 0 Å². The molecule has 0 aromatic heterocycles. The molecule has 0 heterocycles. The van der Waals surface area contributed by atoms with Gasteiger partial charge in [0.15, 0.2) is 0 Å². The number of aryl methyl sites for hydroxylation is 2. The maximum absolute atomic E-state index is 4.68. The molecule has 0 radical (unpaired) electrons. The van der Waals surface area contributed by atoms with Gasteiger partial charge >= 0.3 is 0 Å². The normalized spacial score (nSPS) is 12.7. The van der Waals surface area contributed by atoms with Crippen molar-refractivity contribution in [1.82, 2.24) is 0 Å². The third-order valence-corrected chi connectivity index (χ3v) is 6.73. The Morgan fingerprint density at radius 3 is 1.23 bits per heavy atom. The van der Waals surface area contributed by atoms with Crippen LogP contribution < -0.4 is 0 Å². The fourth-order valence-electron chi connectivity index (χ4n) is 2.12. The summed E-state index contributed by atoms with van der Waals surface area (Å²) < 4.78 is 0. The molecule has 0 aliphatic heterocycles. The molecule has 0 N–H and O–H groups in total. The van der Waals surface area contributed by atoms with Crippen LogP contribution in [0, 0.1) is 13.8 Å². The Kier molecular flexibility index (Phi) is 7.36. The lowest BCUT2D eigenvalue weighted by molar-refractivity contribution is 0.475. The van der Waals surface area contributed by atoms with Gasteiger partial charge in [0, 0.05) is 21.3 Å². The molecule has 26 heavy (non-hydrogen) atoms. The van der Waals surface area contributed by atoms with Crippen LogP contribution in [0.5, 0.6) is 0 Å². The van der Waals surface area contributed by atoms with Crippen LogP contribution in [0.3, 0.4) is 0 Å². The highest BCUT2D eigenvalue weighted by molar-refractivity contribution is 7.99. The average Bonchev–Trinajstić information content (AvgIpc) is 2.60. The summed E-state index contributed by atoms with van der Waals surface area (Å²) in [6, 6.07) is 17.3. The van der Waals surface area contributed by atoms with Gasteiger partial charge in [-0.05, 0) is 65.8 Å². The third kappa shape index (κ3) is 7.55. The van der Waals surface area contributed by atoms with E-state index in [2.05, 4.69) is 100 Å². The molecule has 2 rings (SSSR count). The van der Waals surface area contributed by atoms with Crippen molar-refractivity contribution in [2.45, 2.75) is 62.4 Å². The SMILES string of the molecule is Cc1ccc(SCC(C)(C)N=NC(C)(C)CSc2ccc(C)cc2)cc1. The Bertz CT molecular complexity index is 653. The summed E-state index contributed by atoms with van der Waals surface area (Å²) in [7, 11) is 0. The first-order valence-corrected chi connectivity index (χ1v) is 11.0. The summed E-state index contributed by atoms with van der Waals surface area (Å²) in [5, 5.41) is 9.36. The summed E-state index contributed by atoms with van der Waals surface area (Å²) >= 11 is 3.68. The molecule has 0 fully saturated rings. The summed E-state index contributed by atoms with van der Waals surface area (Å²) in [4.78, 5) is 2.57. The predicted molar refractivity (Wildman–Crippen MR) is 117 cm³/mol. The number of rotatable bonds is 8. The highest BCUT2D eigenvalue weighted by atomic mass is 32.2. The number of benzene rings is 2. The first kappa shape index (κ1) is 21.0. The lowest BCUT2D eigenvalue weighted by Crippen LogP contribution is -2.24. The van der Waals surface area contributed by atoms with Crippen molar-refractivity contribution in [2.75, 3.05) is 11.5 Å². The van der Waals surface area contributed by atoms with E-state index >= 15 is 0 Å². The average molecular weight is 387 g/mol. The Morgan fingerprint density at radius 2 is 0.923 bits per heavy atom. The van der Waals surface area contributed by atoms with Gasteiger partial charge in [-0.25, -0.2) is 0 Å². The maximum atomic E-state index is 4.68. The van der Waals surface area contributed by atoms with Crippen LogP contribution in [-0.2, 0) is 0 Å². The lowest BCUT2D eigenvalue weighted by Gasteiger charge is -2.23. The zero-order chi connectivity index (χ0) is 19.2. The van der Waals surface area contributed by atoms with Crippen LogP contribution >= 0.6 is 23.5 Å². The van der Waals surface area contributed by atoms with E-state index in [1.54, 1.807) is 0 Å². The predicted octanol–water partition coefficient (Wildman–Crippen LogP) is 7.20. The first-order chi connectivity index (χ1) is 12.2. The molecular weight excluding hydrogens is 356 g/mol. The van der Waals surface area contributed by atoms with Crippen molar-refractivity contribution >= 4 is 23.5 Å². The van der Waals surface area contributed by atoms with Gasteiger partial charge in [0.25, 0.3) is 0 Å². The van der Waals surface area contributed by atoms with Crippen molar-refractivity contribution in [3.63, 3.8) is 0 Å². The number of hydrogen-bond donors (Lipinski definition) is 0. The molecule has 0 atom stereocenters. The topological polar surface area (TPSA) is 24.7 Å². The van der Waals surface area contributed by atoms with E-state index in [1.165, 1.54) is 20.9 Å². The quantitative estimate of drug-likeness (QED) is 0.354. The van der Waals surface area contributed by atoms with Gasteiger partial charge < -0.3 is 0 Å². The standard InChI is InChI=1S/C22H30N2S2/c1-17-7-11-19(12-8-17)25-15-21(3,4)23-24-22(5,6)16-26-20-13-9-18(2)10-14-20/h7-14H,15-16H2,1-6H3. The van der Waals surface area contributed by atoms with E-state index < -0.39 is 0 Å². The number of azo groups is 1. The second-order valence-corrected chi connectivity index (χ2v) is 10.1. The Morgan fingerprint density at radius 1 is 0.615 bits per heavy atom. The van der Waals surface area contributed by atoms with Crippen LogP contribution in [0.25, 0.3) is 0 Å². The molecule has 0 aliphatic carbocycles. The van der Waals surface area contributed by atoms with Gasteiger partial charge in [0.2, 0.25) is 0 Å². The van der Waals surface area contributed by atoms with Crippen molar-refractivity contribution in [3.05, 3.63) is 59.7 Å². The molecule has 2 aromatic carbocycles. The third-order valence-electron chi connectivity index (χ3n) is 3.82. The Labute approximate surface area is 167 Å². The summed E-state index contributed by atoms with van der Waals surface area (Å²) in [5.41, 5.74) is 2.23. The monoisotopic (exact) mass is 386 g/mol. The minimum atomic E-state index is -0.179.